The van der Waals surface area contributed by atoms with E-state index in [-0.39, 0.29) is 5.91 Å². The van der Waals surface area contributed by atoms with E-state index < -0.39 is 12.1 Å². The Morgan fingerprint density at radius 1 is 1.03 bits per heavy atom. The molecule has 3 aromatic rings. The van der Waals surface area contributed by atoms with Gasteiger partial charge in [0.15, 0.2) is 11.5 Å². The Bertz CT molecular complexity index is 979. The highest BCUT2D eigenvalue weighted by molar-refractivity contribution is 5.93. The Balaban J connectivity index is 0.000000451. The van der Waals surface area contributed by atoms with E-state index >= 15 is 0 Å². The summed E-state index contributed by atoms with van der Waals surface area (Å²) in [5.41, 5.74) is 2.19. The summed E-state index contributed by atoms with van der Waals surface area (Å²) in [7, 11) is 0. The average Bonchev–Trinajstić information content (AvgIpc) is 3.28. The van der Waals surface area contributed by atoms with E-state index in [1.54, 1.807) is 12.3 Å². The van der Waals surface area contributed by atoms with Crippen LogP contribution in [0.5, 0.6) is 0 Å². The van der Waals surface area contributed by atoms with E-state index in [2.05, 4.69) is 20.8 Å². The molecule has 1 amide bonds. The van der Waals surface area contributed by atoms with Crippen LogP contribution in [0, 0.1) is 0 Å². The van der Waals surface area contributed by atoms with Crippen molar-refractivity contribution < 1.29 is 32.4 Å². The fourth-order valence-corrected chi connectivity index (χ4v) is 2.35. The number of alkyl halides is 3. The van der Waals surface area contributed by atoms with E-state index in [0.717, 1.165) is 30.8 Å². The summed E-state index contributed by atoms with van der Waals surface area (Å²) in [6, 6.07) is 17.1. The number of rotatable bonds is 8. The van der Waals surface area contributed by atoms with Crippen molar-refractivity contribution in [3.63, 3.8) is 0 Å². The summed E-state index contributed by atoms with van der Waals surface area (Å²) >= 11 is 0. The Morgan fingerprint density at radius 3 is 2.34 bits per heavy atom. The van der Waals surface area contributed by atoms with Crippen molar-refractivity contribution in [3.05, 3.63) is 72.2 Å². The molecule has 3 N–H and O–H groups in total. The average molecular weight is 450 g/mol. The third kappa shape index (κ3) is 8.56. The number of halogens is 3. The lowest BCUT2D eigenvalue weighted by Crippen LogP contribution is -2.27. The molecular weight excluding hydrogens is 429 g/mol. The summed E-state index contributed by atoms with van der Waals surface area (Å²) in [4.78, 5) is 25.2. The van der Waals surface area contributed by atoms with Crippen molar-refractivity contribution in [1.82, 2.24) is 20.8 Å². The quantitative estimate of drug-likeness (QED) is 0.451. The van der Waals surface area contributed by atoms with Crippen molar-refractivity contribution in [2.75, 3.05) is 13.1 Å². The van der Waals surface area contributed by atoms with E-state index in [4.69, 9.17) is 14.4 Å². The molecule has 0 spiro atoms. The van der Waals surface area contributed by atoms with E-state index in [1.807, 2.05) is 48.5 Å². The molecule has 0 aliphatic heterocycles. The van der Waals surface area contributed by atoms with Crippen molar-refractivity contribution >= 4 is 11.9 Å². The minimum absolute atomic E-state index is 0.226. The van der Waals surface area contributed by atoms with Gasteiger partial charge in [0.05, 0.1) is 5.69 Å². The van der Waals surface area contributed by atoms with Gasteiger partial charge in [-0.15, -0.1) is 0 Å². The van der Waals surface area contributed by atoms with Crippen LogP contribution in [0.25, 0.3) is 11.3 Å². The predicted molar refractivity (Wildman–Crippen MR) is 109 cm³/mol. The van der Waals surface area contributed by atoms with Gasteiger partial charge in [0.1, 0.15) is 0 Å². The third-order valence-electron chi connectivity index (χ3n) is 3.89. The summed E-state index contributed by atoms with van der Waals surface area (Å²) in [5.74, 6) is -2.40. The molecule has 170 valence electrons. The Morgan fingerprint density at radius 2 is 1.72 bits per heavy atom. The van der Waals surface area contributed by atoms with Crippen LogP contribution >= 0.6 is 0 Å². The number of hydrogen-bond donors (Lipinski definition) is 3. The number of carbonyl (C=O) groups excluding carboxylic acids is 1. The van der Waals surface area contributed by atoms with Gasteiger partial charge >= 0.3 is 12.1 Å². The molecule has 2 aromatic heterocycles. The SMILES string of the molecule is O=C(NCCCNCc1ccccn1)c1cc(-c2ccccc2)on1.O=C(O)C(F)(F)F. The highest BCUT2D eigenvalue weighted by atomic mass is 19.4. The largest absolute Gasteiger partial charge is 0.490 e. The lowest BCUT2D eigenvalue weighted by Gasteiger charge is -2.05. The third-order valence-corrected chi connectivity index (χ3v) is 3.89. The standard InChI is InChI=1S/C19H20N4O2.C2HF3O2/c24-19(17-13-18(25-23-17)15-7-2-1-3-8-15)22-12-6-10-20-14-16-9-4-5-11-21-16;3-2(4,5)1(6)7/h1-5,7-9,11,13,20H,6,10,12,14H2,(H,22,24);(H,6,7). The zero-order valence-electron chi connectivity index (χ0n) is 16.8. The van der Waals surface area contributed by atoms with Gasteiger partial charge in [-0.3, -0.25) is 9.78 Å². The number of pyridine rings is 1. The summed E-state index contributed by atoms with van der Waals surface area (Å²) in [6.45, 7) is 2.09. The number of carbonyl (C=O) groups is 2. The molecular formula is C21H21F3N4O4. The number of aromatic nitrogens is 2. The number of nitrogens with one attached hydrogen (secondary N) is 2. The second kappa shape index (κ2) is 12.2. The molecule has 0 unspecified atom stereocenters. The molecule has 0 aliphatic carbocycles. The maximum atomic E-state index is 12.1. The first-order chi connectivity index (χ1) is 15.3. The molecule has 0 saturated carbocycles. The van der Waals surface area contributed by atoms with Crippen molar-refractivity contribution in [1.29, 1.82) is 0 Å². The number of benzene rings is 1. The van der Waals surface area contributed by atoms with Crippen LogP contribution in [0.4, 0.5) is 13.2 Å². The number of amides is 1. The van der Waals surface area contributed by atoms with Gasteiger partial charge in [0.2, 0.25) is 0 Å². The zero-order valence-corrected chi connectivity index (χ0v) is 16.8. The molecule has 11 heteroatoms. The van der Waals surface area contributed by atoms with Crippen LogP contribution in [-0.2, 0) is 11.3 Å². The lowest BCUT2D eigenvalue weighted by atomic mass is 10.1. The summed E-state index contributed by atoms with van der Waals surface area (Å²) in [6.07, 6.45) is -2.49. The molecule has 0 saturated heterocycles. The van der Waals surface area contributed by atoms with Crippen LogP contribution in [-0.4, -0.2) is 46.4 Å². The van der Waals surface area contributed by atoms with Crippen LogP contribution in [0.15, 0.2) is 65.3 Å². The monoisotopic (exact) mass is 450 g/mol. The van der Waals surface area contributed by atoms with Crippen molar-refractivity contribution in [2.45, 2.75) is 19.1 Å². The van der Waals surface area contributed by atoms with Gasteiger partial charge in [0, 0.05) is 30.9 Å². The topological polar surface area (TPSA) is 117 Å². The molecule has 0 radical (unpaired) electrons. The molecule has 0 fully saturated rings. The molecule has 3 rings (SSSR count). The zero-order chi connectivity index (χ0) is 23.4. The highest BCUT2D eigenvalue weighted by Crippen LogP contribution is 2.19. The maximum absolute atomic E-state index is 12.1. The second-order valence-corrected chi connectivity index (χ2v) is 6.35. The number of nitrogens with zero attached hydrogens (tertiary/aromatic N) is 2. The fraction of sp³-hybridized carbons (Fsp3) is 0.238. The lowest BCUT2D eigenvalue weighted by molar-refractivity contribution is -0.192. The highest BCUT2D eigenvalue weighted by Gasteiger charge is 2.38. The van der Waals surface area contributed by atoms with Gasteiger partial charge in [-0.25, -0.2) is 4.79 Å². The molecule has 0 bridgehead atoms. The number of carboxylic acid groups (broad SMARTS) is 1. The molecule has 2 heterocycles. The van der Waals surface area contributed by atoms with Gasteiger partial charge in [-0.05, 0) is 25.1 Å². The van der Waals surface area contributed by atoms with Crippen LogP contribution in [0.1, 0.15) is 22.6 Å². The second-order valence-electron chi connectivity index (χ2n) is 6.35. The van der Waals surface area contributed by atoms with Gasteiger partial charge in [0.25, 0.3) is 5.91 Å². The molecule has 32 heavy (non-hydrogen) atoms. The van der Waals surface area contributed by atoms with E-state index in [9.17, 15) is 18.0 Å². The van der Waals surface area contributed by atoms with Gasteiger partial charge in [-0.2, -0.15) is 13.2 Å². The van der Waals surface area contributed by atoms with Crippen LogP contribution < -0.4 is 10.6 Å². The molecule has 8 nitrogen and oxygen atoms in total. The Labute approximate surface area is 181 Å². The molecule has 0 atom stereocenters. The van der Waals surface area contributed by atoms with Gasteiger partial charge < -0.3 is 20.3 Å². The number of carboxylic acids is 1. The van der Waals surface area contributed by atoms with Crippen LogP contribution in [0.2, 0.25) is 0 Å². The number of hydrogen-bond acceptors (Lipinski definition) is 6. The van der Waals surface area contributed by atoms with Crippen molar-refractivity contribution in [3.8, 4) is 11.3 Å². The maximum Gasteiger partial charge on any atom is 0.490 e. The normalized spacial score (nSPS) is 10.7. The smallest absolute Gasteiger partial charge is 0.475 e. The minimum Gasteiger partial charge on any atom is -0.475 e. The molecule has 0 aliphatic rings. The first kappa shape index (κ1) is 24.5. The van der Waals surface area contributed by atoms with E-state index in [0.29, 0.717) is 18.0 Å². The van der Waals surface area contributed by atoms with E-state index in [1.165, 1.54) is 0 Å². The predicted octanol–water partition coefficient (Wildman–Crippen LogP) is 3.28. The minimum atomic E-state index is -5.08. The van der Waals surface area contributed by atoms with Crippen molar-refractivity contribution in [2.24, 2.45) is 0 Å². The summed E-state index contributed by atoms with van der Waals surface area (Å²) in [5, 5.41) is 17.1. The van der Waals surface area contributed by atoms with Gasteiger partial charge in [-0.1, -0.05) is 41.6 Å². The fourth-order valence-electron chi connectivity index (χ4n) is 2.35. The number of aliphatic carboxylic acids is 1. The Hall–Kier alpha value is -3.73. The first-order valence-electron chi connectivity index (χ1n) is 9.48. The summed E-state index contributed by atoms with van der Waals surface area (Å²) < 4.78 is 37.0. The Kier molecular flexibility index (Phi) is 9.36. The molecule has 1 aromatic carbocycles. The van der Waals surface area contributed by atoms with Crippen LogP contribution in [0.3, 0.4) is 0 Å². The first-order valence-corrected chi connectivity index (χ1v) is 9.48.